The number of rotatable bonds is 3. The topological polar surface area (TPSA) is 25.8 Å². The molecule has 1 fully saturated rings. The number of pyridine rings is 1. The molecule has 4 heteroatoms. The van der Waals surface area contributed by atoms with Crippen molar-refractivity contribution in [1.82, 2.24) is 9.97 Å². The normalized spacial score (nSPS) is 17.1. The minimum absolute atomic E-state index is 0.632. The van der Waals surface area contributed by atoms with Crippen LogP contribution < -0.4 is 0 Å². The van der Waals surface area contributed by atoms with Gasteiger partial charge in [0.1, 0.15) is 9.61 Å². The summed E-state index contributed by atoms with van der Waals surface area (Å²) in [6.07, 6.45) is 6.40. The van der Waals surface area contributed by atoms with E-state index in [1.54, 1.807) is 17.5 Å². The average molecular weight is 309 g/mol. The van der Waals surface area contributed by atoms with Crippen molar-refractivity contribution in [1.29, 1.82) is 0 Å². The third-order valence-corrected chi connectivity index (χ3v) is 5.43. The molecule has 17 heavy (non-hydrogen) atoms. The number of halogens is 1. The Bertz CT molecular complexity index is 519. The quantitative estimate of drug-likeness (QED) is 0.835. The van der Waals surface area contributed by atoms with Crippen molar-refractivity contribution in [3.05, 3.63) is 34.0 Å². The molecule has 0 saturated heterocycles. The van der Waals surface area contributed by atoms with Crippen LogP contribution in [0.15, 0.2) is 29.1 Å². The number of thiazole rings is 1. The highest BCUT2D eigenvalue weighted by Gasteiger charge is 2.31. The lowest BCUT2D eigenvalue weighted by molar-refractivity contribution is 0.671. The molecule has 1 aliphatic carbocycles. The van der Waals surface area contributed by atoms with Crippen molar-refractivity contribution in [3.8, 4) is 10.6 Å². The van der Waals surface area contributed by atoms with Crippen LogP contribution >= 0.6 is 27.3 Å². The molecule has 2 heterocycles. The Labute approximate surface area is 113 Å². The lowest BCUT2D eigenvalue weighted by atomic mass is 10.1. The summed E-state index contributed by atoms with van der Waals surface area (Å²) in [6.45, 7) is 2.31. The maximum absolute atomic E-state index is 4.61. The van der Waals surface area contributed by atoms with Gasteiger partial charge >= 0.3 is 0 Å². The number of aromatic nitrogens is 2. The van der Waals surface area contributed by atoms with Gasteiger partial charge in [-0.3, -0.25) is 4.98 Å². The molecule has 0 aromatic carbocycles. The molecule has 0 N–H and O–H groups in total. The van der Waals surface area contributed by atoms with Gasteiger partial charge in [0, 0.05) is 22.8 Å². The summed E-state index contributed by atoms with van der Waals surface area (Å²) in [5.41, 5.74) is 1.10. The first-order valence-corrected chi connectivity index (χ1v) is 7.43. The van der Waals surface area contributed by atoms with Gasteiger partial charge in [-0.05, 0) is 52.7 Å². The van der Waals surface area contributed by atoms with Crippen molar-refractivity contribution in [2.75, 3.05) is 0 Å². The zero-order chi connectivity index (χ0) is 11.8. The molecule has 1 saturated carbocycles. The van der Waals surface area contributed by atoms with E-state index >= 15 is 0 Å². The number of hydrogen-bond acceptors (Lipinski definition) is 3. The van der Waals surface area contributed by atoms with Crippen LogP contribution in [-0.2, 0) is 0 Å². The lowest BCUT2D eigenvalue weighted by Crippen LogP contribution is -1.92. The van der Waals surface area contributed by atoms with E-state index in [1.165, 1.54) is 17.7 Å². The zero-order valence-corrected chi connectivity index (χ0v) is 12.0. The zero-order valence-electron chi connectivity index (χ0n) is 9.56. The van der Waals surface area contributed by atoms with Crippen LogP contribution in [0.2, 0.25) is 0 Å². The molecule has 0 spiro atoms. The minimum Gasteiger partial charge on any atom is -0.264 e. The van der Waals surface area contributed by atoms with Crippen molar-refractivity contribution in [3.63, 3.8) is 0 Å². The molecular formula is C13H13BrN2S. The second-order valence-corrected chi connectivity index (χ2v) is 6.32. The fraction of sp³-hybridized carbons (Fsp3) is 0.385. The Balaban J connectivity index is 1.95. The molecule has 2 aromatic heterocycles. The van der Waals surface area contributed by atoms with Gasteiger partial charge in [-0.15, -0.1) is 11.3 Å². The largest absolute Gasteiger partial charge is 0.264 e. The van der Waals surface area contributed by atoms with Crippen LogP contribution in [0.1, 0.15) is 30.6 Å². The molecule has 1 unspecified atom stereocenters. The van der Waals surface area contributed by atoms with E-state index < -0.39 is 0 Å². The molecular weight excluding hydrogens is 296 g/mol. The van der Waals surface area contributed by atoms with Crippen LogP contribution in [0.5, 0.6) is 0 Å². The molecule has 0 aliphatic heterocycles. The molecule has 88 valence electrons. The molecule has 0 radical (unpaired) electrons. The fourth-order valence-electron chi connectivity index (χ4n) is 2.02. The van der Waals surface area contributed by atoms with Gasteiger partial charge in [-0.1, -0.05) is 6.92 Å². The third kappa shape index (κ3) is 2.29. The average Bonchev–Trinajstić information content (AvgIpc) is 3.13. The maximum Gasteiger partial charge on any atom is 0.126 e. The Morgan fingerprint density at radius 2 is 2.29 bits per heavy atom. The highest BCUT2D eigenvalue weighted by molar-refractivity contribution is 9.10. The first kappa shape index (κ1) is 11.4. The summed E-state index contributed by atoms with van der Waals surface area (Å²) in [4.78, 5) is 10.1. The van der Waals surface area contributed by atoms with E-state index in [4.69, 9.17) is 0 Å². The van der Waals surface area contributed by atoms with Crippen molar-refractivity contribution >= 4 is 27.3 Å². The molecule has 2 nitrogen and oxygen atoms in total. The summed E-state index contributed by atoms with van der Waals surface area (Å²) in [6, 6.07) is 4.01. The van der Waals surface area contributed by atoms with Crippen molar-refractivity contribution in [2.45, 2.75) is 25.7 Å². The lowest BCUT2D eigenvalue weighted by Gasteiger charge is -2.06. The van der Waals surface area contributed by atoms with Crippen molar-refractivity contribution < 1.29 is 0 Å². The smallest absolute Gasteiger partial charge is 0.126 e. The van der Waals surface area contributed by atoms with E-state index in [1.807, 2.05) is 12.3 Å². The van der Waals surface area contributed by atoms with Gasteiger partial charge < -0.3 is 0 Å². The predicted molar refractivity (Wildman–Crippen MR) is 74.2 cm³/mol. The van der Waals surface area contributed by atoms with Crippen LogP contribution in [0, 0.1) is 5.92 Å². The van der Waals surface area contributed by atoms with Gasteiger partial charge in [-0.25, -0.2) is 4.98 Å². The molecule has 3 rings (SSSR count). The molecule has 1 aliphatic rings. The SMILES string of the molecule is CC(c1sc(-c2cccnc2)nc1Br)C1CC1. The van der Waals surface area contributed by atoms with Gasteiger partial charge in [0.05, 0.1) is 0 Å². The summed E-state index contributed by atoms with van der Waals surface area (Å²) in [7, 11) is 0. The fourth-order valence-corrected chi connectivity index (χ4v) is 4.01. The Hall–Kier alpha value is -0.740. The van der Waals surface area contributed by atoms with Crippen molar-refractivity contribution in [2.24, 2.45) is 5.92 Å². The predicted octanol–water partition coefficient (Wildman–Crippen LogP) is 4.48. The highest BCUT2D eigenvalue weighted by Crippen LogP contribution is 2.47. The summed E-state index contributed by atoms with van der Waals surface area (Å²) in [5, 5.41) is 1.06. The van der Waals surface area contributed by atoms with Gasteiger partial charge in [0.15, 0.2) is 0 Å². The Kier molecular flexibility index (Phi) is 3.01. The van der Waals surface area contributed by atoms with Crippen LogP contribution in [0.3, 0.4) is 0 Å². The first-order valence-electron chi connectivity index (χ1n) is 5.82. The molecule has 0 bridgehead atoms. The Morgan fingerprint density at radius 1 is 1.47 bits per heavy atom. The van der Waals surface area contributed by atoms with Crippen LogP contribution in [-0.4, -0.2) is 9.97 Å². The van der Waals surface area contributed by atoms with Gasteiger partial charge in [0.2, 0.25) is 0 Å². The first-order chi connectivity index (χ1) is 8.25. The summed E-state index contributed by atoms with van der Waals surface area (Å²) < 4.78 is 1.01. The molecule has 2 aromatic rings. The van der Waals surface area contributed by atoms with Gasteiger partial charge in [0.25, 0.3) is 0 Å². The molecule has 0 amide bonds. The van der Waals surface area contributed by atoms with E-state index in [2.05, 4.69) is 38.9 Å². The summed E-state index contributed by atoms with van der Waals surface area (Å²) >= 11 is 5.38. The van der Waals surface area contributed by atoms with E-state index in [0.29, 0.717) is 5.92 Å². The van der Waals surface area contributed by atoms with E-state index in [0.717, 1.165) is 21.1 Å². The number of hydrogen-bond donors (Lipinski definition) is 0. The summed E-state index contributed by atoms with van der Waals surface area (Å²) in [5.74, 6) is 1.50. The van der Waals surface area contributed by atoms with Crippen LogP contribution in [0.4, 0.5) is 0 Å². The second-order valence-electron chi connectivity index (χ2n) is 4.54. The van der Waals surface area contributed by atoms with Gasteiger partial charge in [-0.2, -0.15) is 0 Å². The molecule has 1 atom stereocenters. The van der Waals surface area contributed by atoms with Crippen LogP contribution in [0.25, 0.3) is 10.6 Å². The minimum atomic E-state index is 0.632. The number of nitrogens with zero attached hydrogens (tertiary/aromatic N) is 2. The maximum atomic E-state index is 4.61. The van der Waals surface area contributed by atoms with E-state index in [9.17, 15) is 0 Å². The Morgan fingerprint density at radius 3 is 2.94 bits per heavy atom. The third-order valence-electron chi connectivity index (χ3n) is 3.26. The standard InChI is InChI=1S/C13H13BrN2S/c1-8(9-4-5-9)11-12(14)16-13(17-11)10-3-2-6-15-7-10/h2-3,6-9H,4-5H2,1H3. The second kappa shape index (κ2) is 4.50. The van der Waals surface area contributed by atoms with E-state index in [-0.39, 0.29) is 0 Å². The monoisotopic (exact) mass is 308 g/mol. The highest BCUT2D eigenvalue weighted by atomic mass is 79.9.